The fourth-order valence-corrected chi connectivity index (χ4v) is 8.34. The molecule has 1 amide bonds. The van der Waals surface area contributed by atoms with Crippen molar-refractivity contribution < 1.29 is 25.2 Å². The Hall–Kier alpha value is -0.950. The Morgan fingerprint density at radius 3 is 1.02 bits per heavy atom. The molecule has 0 aromatic heterocycles. The highest BCUT2D eigenvalue weighted by atomic mass is 16.3. The molecule has 346 valence electrons. The predicted octanol–water partition coefficient (Wildman–Crippen LogP) is 14.5. The lowest BCUT2D eigenvalue weighted by molar-refractivity contribution is -0.132. The number of rotatable bonds is 48. The van der Waals surface area contributed by atoms with Crippen molar-refractivity contribution in [2.45, 2.75) is 308 Å². The number of carbonyl (C=O) groups is 1. The predicted molar refractivity (Wildman–Crippen MR) is 251 cm³/mol. The van der Waals surface area contributed by atoms with Gasteiger partial charge in [0.2, 0.25) is 5.91 Å². The average molecular weight is 822 g/mol. The van der Waals surface area contributed by atoms with Crippen molar-refractivity contribution in [2.24, 2.45) is 0 Å². The zero-order valence-electron chi connectivity index (χ0n) is 39.1. The summed E-state index contributed by atoms with van der Waals surface area (Å²) in [6.45, 7) is 3.93. The van der Waals surface area contributed by atoms with Crippen LogP contribution in [0.2, 0.25) is 0 Å². The van der Waals surface area contributed by atoms with Gasteiger partial charge in [0.25, 0.3) is 0 Å². The van der Waals surface area contributed by atoms with Gasteiger partial charge in [-0.05, 0) is 38.5 Å². The Morgan fingerprint density at radius 1 is 0.414 bits per heavy atom. The number of hydrogen-bond donors (Lipinski definition) is 5. The maximum atomic E-state index is 12.4. The molecular formula is C52H103NO5. The van der Waals surface area contributed by atoms with Crippen molar-refractivity contribution in [1.29, 1.82) is 0 Å². The van der Waals surface area contributed by atoms with Gasteiger partial charge in [-0.2, -0.15) is 0 Å². The monoisotopic (exact) mass is 822 g/mol. The van der Waals surface area contributed by atoms with E-state index >= 15 is 0 Å². The topological polar surface area (TPSA) is 110 Å². The zero-order valence-corrected chi connectivity index (χ0v) is 39.1. The molecule has 0 aromatic rings. The molecule has 0 aliphatic heterocycles. The summed E-state index contributed by atoms with van der Waals surface area (Å²) in [5.74, 6) is -0.588. The Kier molecular flexibility index (Phi) is 46.3. The summed E-state index contributed by atoms with van der Waals surface area (Å²) in [6, 6.07) is -0.978. The van der Waals surface area contributed by atoms with E-state index in [4.69, 9.17) is 0 Å². The fraction of sp³-hybridized carbons (Fsp3) is 0.942. The molecule has 0 saturated carbocycles. The second-order valence-corrected chi connectivity index (χ2v) is 18.2. The standard InChI is InChI=1S/C52H103NO5/c1-3-5-7-9-10-11-12-13-14-15-16-17-18-19-20-21-22-23-24-25-26-27-28-29-30-31-32-33-34-35-36-37-38-39-40-41-42-44-46-50(56)52(58)53-48(47-54)51(57)49(55)45-43-8-6-4-2/h25-26,48-51,54-57H,3-24,27-47H2,1-2H3,(H,53,58)/b26-25-. The van der Waals surface area contributed by atoms with Gasteiger partial charge in [-0.1, -0.05) is 257 Å². The molecule has 0 aliphatic carbocycles. The van der Waals surface area contributed by atoms with Gasteiger partial charge in [-0.15, -0.1) is 0 Å². The molecule has 0 heterocycles. The maximum absolute atomic E-state index is 12.4. The first-order valence-corrected chi connectivity index (χ1v) is 26.1. The maximum Gasteiger partial charge on any atom is 0.249 e. The van der Waals surface area contributed by atoms with Crippen LogP contribution in [0.15, 0.2) is 12.2 Å². The van der Waals surface area contributed by atoms with Crippen LogP contribution in [0.25, 0.3) is 0 Å². The van der Waals surface area contributed by atoms with Crippen molar-refractivity contribution in [3.63, 3.8) is 0 Å². The summed E-state index contributed by atoms with van der Waals surface area (Å²) in [7, 11) is 0. The first kappa shape index (κ1) is 57.1. The van der Waals surface area contributed by atoms with Crippen LogP contribution >= 0.6 is 0 Å². The highest BCUT2D eigenvalue weighted by Crippen LogP contribution is 2.17. The van der Waals surface area contributed by atoms with Gasteiger partial charge in [-0.3, -0.25) is 4.79 Å². The number of allylic oxidation sites excluding steroid dienone is 2. The molecule has 0 rings (SSSR count). The molecule has 0 saturated heterocycles. The minimum Gasteiger partial charge on any atom is -0.394 e. The Bertz CT molecular complexity index is 837. The molecule has 58 heavy (non-hydrogen) atoms. The number of nitrogens with one attached hydrogen (secondary N) is 1. The molecular weight excluding hydrogens is 719 g/mol. The highest BCUT2D eigenvalue weighted by molar-refractivity contribution is 5.80. The van der Waals surface area contributed by atoms with Crippen LogP contribution in [0.3, 0.4) is 0 Å². The van der Waals surface area contributed by atoms with Gasteiger partial charge in [0.05, 0.1) is 18.8 Å². The van der Waals surface area contributed by atoms with Gasteiger partial charge in [0, 0.05) is 0 Å². The van der Waals surface area contributed by atoms with Crippen LogP contribution < -0.4 is 5.32 Å². The number of hydrogen-bond acceptors (Lipinski definition) is 5. The highest BCUT2D eigenvalue weighted by Gasteiger charge is 2.28. The first-order chi connectivity index (χ1) is 28.5. The van der Waals surface area contributed by atoms with E-state index in [-0.39, 0.29) is 0 Å². The van der Waals surface area contributed by atoms with E-state index in [9.17, 15) is 25.2 Å². The van der Waals surface area contributed by atoms with E-state index in [1.807, 2.05) is 0 Å². The number of unbranched alkanes of at least 4 members (excludes halogenated alkanes) is 37. The largest absolute Gasteiger partial charge is 0.394 e. The van der Waals surface area contributed by atoms with Crippen molar-refractivity contribution in [3.8, 4) is 0 Å². The van der Waals surface area contributed by atoms with Gasteiger partial charge in [-0.25, -0.2) is 0 Å². The van der Waals surface area contributed by atoms with E-state index in [1.54, 1.807) is 0 Å². The summed E-state index contributed by atoms with van der Waals surface area (Å²) in [4.78, 5) is 12.4. The Labute approximate surface area is 362 Å². The second-order valence-electron chi connectivity index (χ2n) is 18.2. The summed E-state index contributed by atoms with van der Waals surface area (Å²) in [6.07, 6.45) is 55.2. The van der Waals surface area contributed by atoms with Gasteiger partial charge >= 0.3 is 0 Å². The molecule has 0 aromatic carbocycles. The molecule has 4 unspecified atom stereocenters. The molecule has 0 bridgehead atoms. The lowest BCUT2D eigenvalue weighted by atomic mass is 9.99. The molecule has 6 heteroatoms. The number of aliphatic hydroxyl groups is 4. The molecule has 6 nitrogen and oxygen atoms in total. The smallest absolute Gasteiger partial charge is 0.249 e. The molecule has 0 fully saturated rings. The SMILES string of the molecule is CCCCCCCCCCCCCCCCCCCC/C=C\CCCCCCCCCCCCCCCCCCC(O)C(=O)NC(CO)C(O)C(O)CCCCCC. The van der Waals surface area contributed by atoms with Crippen molar-refractivity contribution in [1.82, 2.24) is 5.32 Å². The number of carbonyl (C=O) groups excluding carboxylic acids is 1. The van der Waals surface area contributed by atoms with Crippen molar-refractivity contribution in [2.75, 3.05) is 6.61 Å². The molecule has 0 spiro atoms. The lowest BCUT2D eigenvalue weighted by Crippen LogP contribution is -2.53. The summed E-state index contributed by atoms with van der Waals surface area (Å²) in [5.41, 5.74) is 0. The Morgan fingerprint density at radius 2 is 0.690 bits per heavy atom. The van der Waals surface area contributed by atoms with Crippen LogP contribution in [0.5, 0.6) is 0 Å². The number of amides is 1. The van der Waals surface area contributed by atoms with Crippen LogP contribution in [0, 0.1) is 0 Å². The fourth-order valence-electron chi connectivity index (χ4n) is 8.34. The van der Waals surface area contributed by atoms with Crippen molar-refractivity contribution >= 4 is 5.91 Å². The van der Waals surface area contributed by atoms with Crippen LogP contribution in [-0.2, 0) is 4.79 Å². The van der Waals surface area contributed by atoms with Gasteiger partial charge in [0.15, 0.2) is 0 Å². The van der Waals surface area contributed by atoms with Gasteiger partial charge in [0.1, 0.15) is 12.2 Å². The minimum atomic E-state index is -1.25. The second kappa shape index (κ2) is 47.1. The molecule has 0 aliphatic rings. The molecule has 5 N–H and O–H groups in total. The van der Waals surface area contributed by atoms with Crippen molar-refractivity contribution in [3.05, 3.63) is 12.2 Å². The van der Waals surface area contributed by atoms with E-state index in [0.717, 1.165) is 44.9 Å². The quantitative estimate of drug-likeness (QED) is 0.0310. The van der Waals surface area contributed by atoms with Crippen LogP contribution in [0.4, 0.5) is 0 Å². The van der Waals surface area contributed by atoms with E-state index in [2.05, 4.69) is 31.3 Å². The normalized spacial score (nSPS) is 14.0. The zero-order chi connectivity index (χ0) is 42.4. The van der Waals surface area contributed by atoms with Gasteiger partial charge < -0.3 is 25.7 Å². The first-order valence-electron chi connectivity index (χ1n) is 26.1. The number of aliphatic hydroxyl groups excluding tert-OH is 4. The third-order valence-electron chi connectivity index (χ3n) is 12.5. The van der Waals surface area contributed by atoms with Crippen LogP contribution in [-0.4, -0.2) is 57.3 Å². The van der Waals surface area contributed by atoms with E-state index in [1.165, 1.54) is 212 Å². The molecule has 0 radical (unpaired) electrons. The Balaban J connectivity index is 3.38. The minimum absolute atomic E-state index is 0.372. The van der Waals surface area contributed by atoms with E-state index in [0.29, 0.717) is 12.8 Å². The summed E-state index contributed by atoms with van der Waals surface area (Å²) >= 11 is 0. The third kappa shape index (κ3) is 40.5. The molecule has 4 atom stereocenters. The third-order valence-corrected chi connectivity index (χ3v) is 12.5. The van der Waals surface area contributed by atoms with E-state index < -0.39 is 36.9 Å². The lowest BCUT2D eigenvalue weighted by Gasteiger charge is -2.27. The average Bonchev–Trinajstić information content (AvgIpc) is 3.23. The summed E-state index contributed by atoms with van der Waals surface area (Å²) < 4.78 is 0. The summed E-state index contributed by atoms with van der Waals surface area (Å²) in [5, 5.41) is 43.0. The van der Waals surface area contributed by atoms with Crippen LogP contribution in [0.1, 0.15) is 284 Å².